The predicted octanol–water partition coefficient (Wildman–Crippen LogP) is 2.73. The highest BCUT2D eigenvalue weighted by Gasteiger charge is 2.28. The lowest BCUT2D eigenvalue weighted by Gasteiger charge is -2.16. The Labute approximate surface area is 175 Å². The molecule has 0 bridgehead atoms. The lowest BCUT2D eigenvalue weighted by Crippen LogP contribution is -2.44. The Hall–Kier alpha value is -0.450. The van der Waals surface area contributed by atoms with Crippen LogP contribution in [0.3, 0.4) is 0 Å². The van der Waals surface area contributed by atoms with E-state index in [0.717, 1.165) is 0 Å². The predicted molar refractivity (Wildman–Crippen MR) is 114 cm³/mol. The average Bonchev–Trinajstić information content (AvgIpc) is 2.86. The topological polar surface area (TPSA) is 79.8 Å². The molecule has 0 aromatic heterocycles. The van der Waals surface area contributed by atoms with Crippen molar-refractivity contribution in [3.63, 3.8) is 0 Å². The van der Waals surface area contributed by atoms with E-state index >= 15 is 0 Å². The SMILES string of the molecule is CCNC(=NCCOc1cccc(Cl)c1Cl)NC1CCS(=O)(=O)C1.I. The molecule has 1 aromatic carbocycles. The van der Waals surface area contributed by atoms with Gasteiger partial charge in [-0.15, -0.1) is 24.0 Å². The van der Waals surface area contributed by atoms with Crippen LogP contribution in [0.2, 0.25) is 10.0 Å². The summed E-state index contributed by atoms with van der Waals surface area (Å²) in [6.07, 6.45) is 0.599. The minimum atomic E-state index is -2.92. The molecule has 0 radical (unpaired) electrons. The molecule has 10 heteroatoms. The molecule has 1 unspecified atom stereocenters. The van der Waals surface area contributed by atoms with Gasteiger partial charge in [0.25, 0.3) is 0 Å². The normalized spacial score (nSPS) is 19.2. The van der Waals surface area contributed by atoms with E-state index in [-0.39, 0.29) is 41.5 Å². The Morgan fingerprint density at radius 1 is 1.40 bits per heavy atom. The van der Waals surface area contributed by atoms with E-state index in [1.54, 1.807) is 18.2 Å². The summed E-state index contributed by atoms with van der Waals surface area (Å²) in [5, 5.41) is 7.06. The van der Waals surface area contributed by atoms with E-state index in [0.29, 0.717) is 47.9 Å². The highest BCUT2D eigenvalue weighted by atomic mass is 127. The van der Waals surface area contributed by atoms with Crippen LogP contribution in [-0.2, 0) is 9.84 Å². The van der Waals surface area contributed by atoms with Crippen LogP contribution in [0.5, 0.6) is 5.75 Å². The molecule has 2 rings (SSSR count). The van der Waals surface area contributed by atoms with Gasteiger partial charge in [0.15, 0.2) is 15.8 Å². The number of benzene rings is 1. The van der Waals surface area contributed by atoms with Gasteiger partial charge in [0.2, 0.25) is 0 Å². The van der Waals surface area contributed by atoms with Crippen molar-refractivity contribution in [1.82, 2.24) is 10.6 Å². The number of ether oxygens (including phenoxy) is 1. The van der Waals surface area contributed by atoms with Crippen LogP contribution >= 0.6 is 47.2 Å². The number of hydrogen-bond donors (Lipinski definition) is 2. The molecule has 6 nitrogen and oxygen atoms in total. The maximum absolute atomic E-state index is 11.5. The maximum atomic E-state index is 11.5. The monoisotopic (exact) mass is 521 g/mol. The largest absolute Gasteiger partial charge is 0.490 e. The Bertz CT molecular complexity index is 701. The summed E-state index contributed by atoms with van der Waals surface area (Å²) in [6.45, 7) is 3.37. The molecule has 0 saturated carbocycles. The zero-order valence-corrected chi connectivity index (χ0v) is 18.5. The van der Waals surface area contributed by atoms with Crippen LogP contribution in [0.25, 0.3) is 0 Å². The summed E-state index contributed by atoms with van der Waals surface area (Å²) >= 11 is 12.0. The lowest BCUT2D eigenvalue weighted by atomic mass is 10.3. The van der Waals surface area contributed by atoms with E-state index in [2.05, 4.69) is 15.6 Å². The van der Waals surface area contributed by atoms with Crippen molar-refractivity contribution in [2.24, 2.45) is 4.99 Å². The quantitative estimate of drug-likeness (QED) is 0.260. The van der Waals surface area contributed by atoms with E-state index < -0.39 is 9.84 Å². The summed E-state index contributed by atoms with van der Waals surface area (Å²) in [5.41, 5.74) is 0. The number of guanidine groups is 1. The second-order valence-corrected chi connectivity index (χ2v) is 8.42. The molecule has 1 heterocycles. The Morgan fingerprint density at radius 3 is 2.80 bits per heavy atom. The first-order valence-corrected chi connectivity index (χ1v) is 10.3. The van der Waals surface area contributed by atoms with Crippen molar-refractivity contribution in [2.75, 3.05) is 31.2 Å². The number of rotatable bonds is 6. The molecule has 142 valence electrons. The number of sulfone groups is 1. The number of aliphatic imine (C=N–C) groups is 1. The van der Waals surface area contributed by atoms with Gasteiger partial charge in [-0.05, 0) is 25.5 Å². The fourth-order valence-electron chi connectivity index (χ4n) is 2.33. The molecule has 1 saturated heterocycles. The summed E-state index contributed by atoms with van der Waals surface area (Å²) in [7, 11) is -2.92. The molecule has 0 spiro atoms. The van der Waals surface area contributed by atoms with Crippen LogP contribution in [0, 0.1) is 0 Å². The number of nitrogens with one attached hydrogen (secondary N) is 2. The molecule has 1 aliphatic rings. The van der Waals surface area contributed by atoms with Crippen LogP contribution < -0.4 is 15.4 Å². The van der Waals surface area contributed by atoms with Gasteiger partial charge in [-0.2, -0.15) is 0 Å². The molecular weight excluding hydrogens is 500 g/mol. The summed E-state index contributed by atoms with van der Waals surface area (Å²) < 4.78 is 28.6. The fourth-order valence-corrected chi connectivity index (χ4v) is 4.35. The highest BCUT2D eigenvalue weighted by molar-refractivity contribution is 14.0. The molecule has 1 atom stereocenters. The lowest BCUT2D eigenvalue weighted by molar-refractivity contribution is 0.328. The van der Waals surface area contributed by atoms with Gasteiger partial charge in [0.1, 0.15) is 17.4 Å². The summed E-state index contributed by atoms with van der Waals surface area (Å²) in [5.74, 6) is 1.46. The van der Waals surface area contributed by atoms with E-state index in [1.807, 2.05) is 6.92 Å². The summed E-state index contributed by atoms with van der Waals surface area (Å²) in [4.78, 5) is 4.39. The zero-order chi connectivity index (χ0) is 17.6. The van der Waals surface area contributed by atoms with Crippen molar-refractivity contribution in [3.8, 4) is 5.75 Å². The van der Waals surface area contributed by atoms with Crippen molar-refractivity contribution in [2.45, 2.75) is 19.4 Å². The zero-order valence-electron chi connectivity index (χ0n) is 13.8. The van der Waals surface area contributed by atoms with Gasteiger partial charge in [0, 0.05) is 12.6 Å². The fraction of sp³-hybridized carbons (Fsp3) is 0.533. The third-order valence-electron chi connectivity index (χ3n) is 3.45. The molecule has 1 aromatic rings. The smallest absolute Gasteiger partial charge is 0.191 e. The molecule has 2 N–H and O–H groups in total. The minimum absolute atomic E-state index is 0. The second-order valence-electron chi connectivity index (χ2n) is 5.41. The molecule has 0 amide bonds. The third kappa shape index (κ3) is 7.36. The van der Waals surface area contributed by atoms with Crippen molar-refractivity contribution in [3.05, 3.63) is 28.2 Å². The molecule has 25 heavy (non-hydrogen) atoms. The van der Waals surface area contributed by atoms with Crippen molar-refractivity contribution < 1.29 is 13.2 Å². The molecule has 0 aliphatic carbocycles. The van der Waals surface area contributed by atoms with Crippen LogP contribution in [0.15, 0.2) is 23.2 Å². The van der Waals surface area contributed by atoms with Crippen molar-refractivity contribution >= 4 is 63.0 Å². The third-order valence-corrected chi connectivity index (χ3v) is 6.02. The first-order chi connectivity index (χ1) is 11.4. The molecule has 1 aliphatic heterocycles. The molecule has 1 fully saturated rings. The summed E-state index contributed by atoms with van der Waals surface area (Å²) in [6, 6.07) is 5.10. The van der Waals surface area contributed by atoms with Crippen LogP contribution in [-0.4, -0.2) is 51.6 Å². The first kappa shape index (κ1) is 22.6. The highest BCUT2D eigenvalue weighted by Crippen LogP contribution is 2.31. The van der Waals surface area contributed by atoms with Gasteiger partial charge >= 0.3 is 0 Å². The van der Waals surface area contributed by atoms with Crippen molar-refractivity contribution in [1.29, 1.82) is 0 Å². The van der Waals surface area contributed by atoms with E-state index in [9.17, 15) is 8.42 Å². The van der Waals surface area contributed by atoms with E-state index in [4.69, 9.17) is 27.9 Å². The number of halogens is 3. The Kier molecular flexibility index (Phi) is 9.61. The molecular formula is C15H22Cl2IN3O3S. The van der Waals surface area contributed by atoms with Gasteiger partial charge in [-0.25, -0.2) is 13.4 Å². The maximum Gasteiger partial charge on any atom is 0.191 e. The first-order valence-electron chi connectivity index (χ1n) is 7.73. The minimum Gasteiger partial charge on any atom is -0.490 e. The van der Waals surface area contributed by atoms with Gasteiger partial charge in [0.05, 0.1) is 23.1 Å². The van der Waals surface area contributed by atoms with Crippen LogP contribution in [0.4, 0.5) is 0 Å². The average molecular weight is 522 g/mol. The van der Waals surface area contributed by atoms with Crippen LogP contribution in [0.1, 0.15) is 13.3 Å². The second kappa shape index (κ2) is 10.6. The van der Waals surface area contributed by atoms with Gasteiger partial charge in [-0.3, -0.25) is 0 Å². The Morgan fingerprint density at radius 2 is 2.16 bits per heavy atom. The Balaban J connectivity index is 0.00000312. The number of hydrogen-bond acceptors (Lipinski definition) is 4. The standard InChI is InChI=1S/C15H21Cl2N3O3S.HI/c1-2-18-15(20-11-6-9-24(21,22)10-11)19-7-8-23-13-5-3-4-12(16)14(13)17;/h3-5,11H,2,6-10H2,1H3,(H2,18,19,20);1H. The van der Waals surface area contributed by atoms with E-state index in [1.165, 1.54) is 0 Å². The number of nitrogens with zero attached hydrogens (tertiary/aromatic N) is 1. The van der Waals surface area contributed by atoms with Gasteiger partial charge < -0.3 is 15.4 Å². The van der Waals surface area contributed by atoms with Gasteiger partial charge in [-0.1, -0.05) is 29.3 Å².